The highest BCUT2D eigenvalue weighted by Crippen LogP contribution is 2.38. The molecule has 0 saturated heterocycles. The van der Waals surface area contributed by atoms with Crippen molar-refractivity contribution in [3.63, 3.8) is 0 Å². The molecule has 0 atom stereocenters. The molecule has 1 heterocycles. The second-order valence-corrected chi connectivity index (χ2v) is 9.97. The first-order valence-electron chi connectivity index (χ1n) is 11.2. The van der Waals surface area contributed by atoms with Crippen LogP contribution in [0.25, 0.3) is 6.08 Å². The standard InChI is InChI=1S/C26H27NO6S/c1-3-27(34(30,31)26-14-7-18(2)33-26)23-15-21-5-4-6-22(21)16-24(23)32-17-20-10-8-19(9-11-20)12-13-25(28)29/h7-16H,3-6,17H2,1-2H3,(H,28,29)/b13-12+. The lowest BCUT2D eigenvalue weighted by molar-refractivity contribution is -0.131. The van der Waals surface area contributed by atoms with Crippen molar-refractivity contribution in [2.45, 2.75) is 44.8 Å². The van der Waals surface area contributed by atoms with Crippen LogP contribution < -0.4 is 9.04 Å². The molecule has 8 heteroatoms. The van der Waals surface area contributed by atoms with E-state index in [1.54, 1.807) is 19.9 Å². The number of carboxylic acid groups (broad SMARTS) is 1. The molecule has 0 amide bonds. The Hall–Kier alpha value is -3.52. The number of ether oxygens (including phenoxy) is 1. The fourth-order valence-corrected chi connectivity index (χ4v) is 5.52. The minimum Gasteiger partial charge on any atom is -0.487 e. The first kappa shape index (κ1) is 23.6. The van der Waals surface area contributed by atoms with Gasteiger partial charge in [-0.1, -0.05) is 24.3 Å². The van der Waals surface area contributed by atoms with Crippen LogP contribution in [0.4, 0.5) is 5.69 Å². The normalized spacial score (nSPS) is 13.2. The highest BCUT2D eigenvalue weighted by Gasteiger charge is 2.30. The number of furan rings is 1. The number of hydrogen-bond donors (Lipinski definition) is 1. The Balaban J connectivity index is 1.63. The summed E-state index contributed by atoms with van der Waals surface area (Å²) in [5.41, 5.74) is 4.46. The topological polar surface area (TPSA) is 97.0 Å². The number of aliphatic carboxylic acids is 1. The molecule has 178 valence electrons. The molecule has 0 aliphatic heterocycles. The van der Waals surface area contributed by atoms with E-state index in [1.165, 1.54) is 22.0 Å². The highest BCUT2D eigenvalue weighted by atomic mass is 32.2. The van der Waals surface area contributed by atoms with Crippen molar-refractivity contribution < 1.29 is 27.5 Å². The number of sulfonamides is 1. The van der Waals surface area contributed by atoms with Gasteiger partial charge in [-0.05, 0) is 85.7 Å². The third-order valence-corrected chi connectivity index (χ3v) is 7.54. The quantitative estimate of drug-likeness (QED) is 0.434. The molecular formula is C26H27NO6S. The summed E-state index contributed by atoms with van der Waals surface area (Å²) in [6.45, 7) is 3.96. The van der Waals surface area contributed by atoms with Gasteiger partial charge in [0.2, 0.25) is 5.09 Å². The van der Waals surface area contributed by atoms with Gasteiger partial charge in [0.15, 0.2) is 0 Å². The molecule has 1 aliphatic rings. The van der Waals surface area contributed by atoms with Crippen LogP contribution in [0.1, 0.15) is 41.4 Å². The molecule has 34 heavy (non-hydrogen) atoms. The molecule has 4 rings (SSSR count). The number of aryl methyl sites for hydroxylation is 3. The second-order valence-electron chi connectivity index (χ2n) is 8.18. The predicted octanol–water partition coefficient (Wildman–Crippen LogP) is 4.97. The maximum Gasteiger partial charge on any atom is 0.328 e. The molecule has 0 bridgehead atoms. The number of carbonyl (C=O) groups is 1. The summed E-state index contributed by atoms with van der Waals surface area (Å²) >= 11 is 0. The smallest absolute Gasteiger partial charge is 0.328 e. The number of fused-ring (bicyclic) bond motifs is 1. The van der Waals surface area contributed by atoms with E-state index in [9.17, 15) is 13.2 Å². The molecule has 0 unspecified atom stereocenters. The molecule has 1 N–H and O–H groups in total. The number of carboxylic acids is 1. The zero-order chi connectivity index (χ0) is 24.3. The van der Waals surface area contributed by atoms with Gasteiger partial charge in [-0.3, -0.25) is 4.31 Å². The maximum atomic E-state index is 13.4. The molecule has 0 radical (unpaired) electrons. The minimum atomic E-state index is -3.89. The Kier molecular flexibility index (Phi) is 6.79. The van der Waals surface area contributed by atoms with Gasteiger partial charge < -0.3 is 14.3 Å². The molecular weight excluding hydrogens is 454 g/mol. The molecule has 0 fully saturated rings. The van der Waals surface area contributed by atoms with Crippen molar-refractivity contribution in [1.29, 1.82) is 0 Å². The summed E-state index contributed by atoms with van der Waals surface area (Å²) in [6.07, 6.45) is 5.48. The van der Waals surface area contributed by atoms with E-state index in [2.05, 4.69) is 0 Å². The van der Waals surface area contributed by atoms with E-state index < -0.39 is 16.0 Å². The zero-order valence-electron chi connectivity index (χ0n) is 19.2. The number of hydrogen-bond acceptors (Lipinski definition) is 5. The van der Waals surface area contributed by atoms with Gasteiger partial charge in [-0.15, -0.1) is 0 Å². The number of benzene rings is 2. The van der Waals surface area contributed by atoms with Gasteiger partial charge in [0.1, 0.15) is 18.1 Å². The van der Waals surface area contributed by atoms with Crippen LogP contribution in [-0.4, -0.2) is 26.0 Å². The van der Waals surface area contributed by atoms with Gasteiger partial charge in [0, 0.05) is 12.6 Å². The van der Waals surface area contributed by atoms with Crippen molar-refractivity contribution in [3.05, 3.63) is 82.6 Å². The number of anilines is 1. The number of rotatable bonds is 9. The number of nitrogens with zero attached hydrogens (tertiary/aromatic N) is 1. The third kappa shape index (κ3) is 5.02. The fraction of sp³-hybridized carbons (Fsp3) is 0.269. The van der Waals surface area contributed by atoms with Crippen LogP contribution in [0.3, 0.4) is 0 Å². The first-order chi connectivity index (χ1) is 16.3. The molecule has 0 spiro atoms. The Morgan fingerprint density at radius 1 is 1.12 bits per heavy atom. The summed E-state index contributed by atoms with van der Waals surface area (Å²) in [6, 6.07) is 14.3. The monoisotopic (exact) mass is 481 g/mol. The van der Waals surface area contributed by atoms with Crippen molar-refractivity contribution in [2.24, 2.45) is 0 Å². The average Bonchev–Trinajstić information content (AvgIpc) is 3.46. The first-order valence-corrected chi connectivity index (χ1v) is 12.6. The van der Waals surface area contributed by atoms with Gasteiger partial charge >= 0.3 is 5.97 Å². The van der Waals surface area contributed by atoms with Crippen LogP contribution >= 0.6 is 0 Å². The Bertz CT molecular complexity index is 1320. The zero-order valence-corrected chi connectivity index (χ0v) is 20.0. The predicted molar refractivity (Wildman–Crippen MR) is 130 cm³/mol. The van der Waals surface area contributed by atoms with E-state index in [4.69, 9.17) is 14.3 Å². The van der Waals surface area contributed by atoms with Crippen molar-refractivity contribution in [3.8, 4) is 5.75 Å². The van der Waals surface area contributed by atoms with Crippen LogP contribution in [-0.2, 0) is 34.3 Å². The van der Waals surface area contributed by atoms with Crippen molar-refractivity contribution in [2.75, 3.05) is 10.8 Å². The maximum absolute atomic E-state index is 13.4. The van der Waals surface area contributed by atoms with Crippen molar-refractivity contribution >= 4 is 27.8 Å². The second kappa shape index (κ2) is 9.77. The molecule has 7 nitrogen and oxygen atoms in total. The van der Waals surface area contributed by atoms with Crippen LogP contribution in [0.15, 0.2) is 64.1 Å². The molecule has 0 saturated carbocycles. The van der Waals surface area contributed by atoms with Crippen LogP contribution in [0.2, 0.25) is 0 Å². The van der Waals surface area contributed by atoms with E-state index in [0.717, 1.165) is 42.0 Å². The molecule has 3 aromatic rings. The van der Waals surface area contributed by atoms with Crippen LogP contribution in [0.5, 0.6) is 5.75 Å². The Labute approximate surface area is 199 Å². The highest BCUT2D eigenvalue weighted by molar-refractivity contribution is 7.92. The van der Waals surface area contributed by atoms with Gasteiger partial charge in [0.25, 0.3) is 10.0 Å². The van der Waals surface area contributed by atoms with Gasteiger partial charge in [0.05, 0.1) is 5.69 Å². The van der Waals surface area contributed by atoms with Crippen LogP contribution in [0, 0.1) is 6.92 Å². The lowest BCUT2D eigenvalue weighted by Gasteiger charge is -2.25. The Morgan fingerprint density at radius 2 is 1.82 bits per heavy atom. The fourth-order valence-electron chi connectivity index (χ4n) is 4.08. The molecule has 1 aromatic heterocycles. The lowest BCUT2D eigenvalue weighted by atomic mass is 10.1. The average molecular weight is 482 g/mol. The van der Waals surface area contributed by atoms with E-state index in [1.807, 2.05) is 36.4 Å². The minimum absolute atomic E-state index is 0.0942. The summed E-state index contributed by atoms with van der Waals surface area (Å²) in [5, 5.41) is 8.67. The lowest BCUT2D eigenvalue weighted by Crippen LogP contribution is -2.31. The Morgan fingerprint density at radius 3 is 2.44 bits per heavy atom. The van der Waals surface area contributed by atoms with Gasteiger partial charge in [-0.25, -0.2) is 4.79 Å². The van der Waals surface area contributed by atoms with E-state index >= 15 is 0 Å². The summed E-state index contributed by atoms with van der Waals surface area (Å²) in [5.74, 6) is 0.0302. The largest absolute Gasteiger partial charge is 0.487 e. The van der Waals surface area contributed by atoms with Crippen molar-refractivity contribution in [1.82, 2.24) is 0 Å². The van der Waals surface area contributed by atoms with Gasteiger partial charge in [-0.2, -0.15) is 8.42 Å². The van der Waals surface area contributed by atoms with E-state index in [0.29, 0.717) is 17.2 Å². The summed E-state index contributed by atoms with van der Waals surface area (Å²) in [7, 11) is -3.89. The third-order valence-electron chi connectivity index (χ3n) is 5.78. The SMILES string of the molecule is CCN(c1cc2c(cc1OCc1ccc(/C=C/C(=O)O)cc1)CCC2)S(=O)(=O)c1ccc(C)o1. The summed E-state index contributed by atoms with van der Waals surface area (Å²) < 4.78 is 39.7. The van der Waals surface area contributed by atoms with E-state index in [-0.39, 0.29) is 18.2 Å². The molecule has 2 aromatic carbocycles. The summed E-state index contributed by atoms with van der Waals surface area (Å²) in [4.78, 5) is 10.7. The molecule has 1 aliphatic carbocycles.